The fourth-order valence-electron chi connectivity index (χ4n) is 2.08. The molecule has 7 nitrogen and oxygen atoms in total. The van der Waals surface area contributed by atoms with E-state index in [0.717, 1.165) is 12.2 Å². The Labute approximate surface area is 137 Å². The van der Waals surface area contributed by atoms with E-state index >= 15 is 0 Å². The molecule has 3 aromatic rings. The zero-order valence-corrected chi connectivity index (χ0v) is 13.5. The minimum Gasteiger partial charge on any atom is -0.394 e. The molecular formula is C15H18N6OS. The van der Waals surface area contributed by atoms with Gasteiger partial charge in [0.25, 0.3) is 0 Å². The summed E-state index contributed by atoms with van der Waals surface area (Å²) in [4.78, 5) is 8.90. The van der Waals surface area contributed by atoms with Crippen LogP contribution in [0.5, 0.6) is 0 Å². The summed E-state index contributed by atoms with van der Waals surface area (Å²) < 4.78 is 0. The van der Waals surface area contributed by atoms with E-state index in [2.05, 4.69) is 42.8 Å². The quantitative estimate of drug-likeness (QED) is 0.449. The van der Waals surface area contributed by atoms with Crippen LogP contribution in [-0.2, 0) is 6.42 Å². The maximum atomic E-state index is 9.20. The van der Waals surface area contributed by atoms with Crippen LogP contribution in [0.25, 0.3) is 11.2 Å². The maximum Gasteiger partial charge on any atom is 0.207 e. The lowest BCUT2D eigenvalue weighted by Crippen LogP contribution is -2.20. The highest BCUT2D eigenvalue weighted by atomic mass is 32.2. The molecule has 0 unspecified atom stereocenters. The maximum absolute atomic E-state index is 9.20. The van der Waals surface area contributed by atoms with Gasteiger partial charge in [-0.2, -0.15) is 15.3 Å². The Bertz CT molecular complexity index is 763. The average Bonchev–Trinajstić information content (AvgIpc) is 3.04. The van der Waals surface area contributed by atoms with Crippen LogP contribution in [0.4, 0.5) is 5.82 Å². The molecule has 23 heavy (non-hydrogen) atoms. The molecular weight excluding hydrogens is 312 g/mol. The molecule has 0 radical (unpaired) electrons. The second-order valence-electron chi connectivity index (χ2n) is 5.16. The Hall–Kier alpha value is -2.19. The number of aliphatic hydroxyl groups is 1. The highest BCUT2D eigenvalue weighted by Crippen LogP contribution is 2.22. The Morgan fingerprint density at radius 2 is 2.04 bits per heavy atom. The van der Waals surface area contributed by atoms with Crippen molar-refractivity contribution < 1.29 is 5.11 Å². The van der Waals surface area contributed by atoms with Crippen LogP contribution < -0.4 is 5.32 Å². The van der Waals surface area contributed by atoms with E-state index in [9.17, 15) is 5.11 Å². The van der Waals surface area contributed by atoms with Gasteiger partial charge in [0.1, 0.15) is 0 Å². The minimum atomic E-state index is -0.119. The third-order valence-corrected chi connectivity index (χ3v) is 4.13. The molecule has 3 rings (SSSR count). The minimum absolute atomic E-state index is 0.0137. The lowest BCUT2D eigenvalue weighted by Gasteiger charge is -2.12. The zero-order chi connectivity index (χ0) is 16.1. The van der Waals surface area contributed by atoms with Crippen molar-refractivity contribution in [2.24, 2.45) is 0 Å². The van der Waals surface area contributed by atoms with Crippen molar-refractivity contribution in [3.8, 4) is 0 Å². The summed E-state index contributed by atoms with van der Waals surface area (Å²) in [5.41, 5.74) is 2.39. The van der Waals surface area contributed by atoms with Crippen LogP contribution in [0.15, 0.2) is 35.5 Å². The summed E-state index contributed by atoms with van der Waals surface area (Å²) in [6.45, 7) is 1.88. The summed E-state index contributed by atoms with van der Waals surface area (Å²) in [7, 11) is 0. The lowest BCUT2D eigenvalue weighted by atomic mass is 10.2. The molecule has 8 heteroatoms. The number of aliphatic hydroxyl groups excluding tert-OH is 1. The van der Waals surface area contributed by atoms with E-state index in [4.69, 9.17) is 0 Å². The number of hydrogen-bond donors (Lipinski definition) is 3. The molecule has 120 valence electrons. The van der Waals surface area contributed by atoms with Crippen LogP contribution in [0, 0.1) is 0 Å². The first-order valence-corrected chi connectivity index (χ1v) is 8.37. The molecule has 0 bridgehead atoms. The smallest absolute Gasteiger partial charge is 0.207 e. The van der Waals surface area contributed by atoms with Gasteiger partial charge >= 0.3 is 0 Å². The summed E-state index contributed by atoms with van der Waals surface area (Å²) in [6, 6.07) is 10.2. The van der Waals surface area contributed by atoms with Crippen LogP contribution >= 0.6 is 11.8 Å². The molecule has 0 spiro atoms. The molecule has 2 heterocycles. The van der Waals surface area contributed by atoms with E-state index in [1.54, 1.807) is 11.8 Å². The lowest BCUT2D eigenvalue weighted by molar-refractivity contribution is 0.281. The molecule has 0 amide bonds. The number of nitrogens with zero attached hydrogens (tertiary/aromatic N) is 4. The number of aryl methyl sites for hydroxylation is 1. The molecule has 0 aliphatic rings. The van der Waals surface area contributed by atoms with Gasteiger partial charge in [-0.05, 0) is 18.9 Å². The van der Waals surface area contributed by atoms with Gasteiger partial charge in [0.05, 0.1) is 6.61 Å². The van der Waals surface area contributed by atoms with Gasteiger partial charge in [-0.3, -0.25) is 0 Å². The van der Waals surface area contributed by atoms with E-state index in [1.165, 1.54) is 5.56 Å². The van der Waals surface area contributed by atoms with Gasteiger partial charge in [-0.25, -0.2) is 4.98 Å². The number of aromatic amines is 1. The Morgan fingerprint density at radius 1 is 1.22 bits per heavy atom. The third-order valence-electron chi connectivity index (χ3n) is 3.28. The fraction of sp³-hybridized carbons (Fsp3) is 0.333. The Kier molecular flexibility index (Phi) is 5.04. The zero-order valence-electron chi connectivity index (χ0n) is 12.7. The fourth-order valence-corrected chi connectivity index (χ4v) is 2.90. The number of H-pyrrole nitrogens is 1. The number of anilines is 1. The molecule has 3 N–H and O–H groups in total. The van der Waals surface area contributed by atoms with E-state index in [1.807, 2.05) is 25.1 Å². The van der Waals surface area contributed by atoms with Gasteiger partial charge in [0.2, 0.25) is 5.65 Å². The first-order chi connectivity index (χ1) is 11.3. The number of hydrogen-bond acceptors (Lipinski definition) is 7. The highest BCUT2D eigenvalue weighted by Gasteiger charge is 2.13. The normalized spacial score (nSPS) is 12.4. The molecule has 1 aromatic carbocycles. The predicted octanol–water partition coefficient (Wildman–Crippen LogP) is 1.88. The molecule has 0 fully saturated rings. The van der Waals surface area contributed by atoms with Crippen molar-refractivity contribution in [1.82, 2.24) is 25.4 Å². The molecule has 0 saturated heterocycles. The number of rotatable bonds is 7. The van der Waals surface area contributed by atoms with Gasteiger partial charge in [0.15, 0.2) is 16.5 Å². The topological polar surface area (TPSA) is 99.6 Å². The molecule has 2 aromatic heterocycles. The Morgan fingerprint density at radius 3 is 2.83 bits per heavy atom. The third kappa shape index (κ3) is 3.96. The first kappa shape index (κ1) is 15.7. The van der Waals surface area contributed by atoms with Crippen molar-refractivity contribution in [2.45, 2.75) is 24.5 Å². The number of fused-ring (bicyclic) bond motifs is 1. The standard InChI is InChI=1S/C15H18N6OS/c1-10(9-22)16-13-12-14(20-21-19-12)18-15(17-13)23-8-7-11-5-3-2-4-6-11/h2-6,10,22H,7-9H2,1H3,(H2,16,17,18,19,20,21)/t10-/m1/s1. The molecule has 0 saturated carbocycles. The second kappa shape index (κ2) is 7.38. The van der Waals surface area contributed by atoms with Crippen LogP contribution in [-0.4, -0.2) is 48.9 Å². The van der Waals surface area contributed by atoms with Crippen LogP contribution in [0.1, 0.15) is 12.5 Å². The van der Waals surface area contributed by atoms with Gasteiger partial charge < -0.3 is 10.4 Å². The Balaban J connectivity index is 1.72. The van der Waals surface area contributed by atoms with Crippen molar-refractivity contribution in [2.75, 3.05) is 17.7 Å². The first-order valence-electron chi connectivity index (χ1n) is 7.39. The van der Waals surface area contributed by atoms with Crippen molar-refractivity contribution in [1.29, 1.82) is 0 Å². The van der Waals surface area contributed by atoms with Gasteiger partial charge in [-0.15, -0.1) is 5.10 Å². The summed E-state index contributed by atoms with van der Waals surface area (Å²) >= 11 is 1.58. The second-order valence-corrected chi connectivity index (χ2v) is 6.22. The summed E-state index contributed by atoms with van der Waals surface area (Å²) in [5.74, 6) is 1.47. The van der Waals surface area contributed by atoms with Crippen molar-refractivity contribution >= 4 is 28.7 Å². The molecule has 1 atom stereocenters. The monoisotopic (exact) mass is 330 g/mol. The number of nitrogens with one attached hydrogen (secondary N) is 2. The predicted molar refractivity (Wildman–Crippen MR) is 90.5 cm³/mol. The van der Waals surface area contributed by atoms with E-state index in [-0.39, 0.29) is 12.6 Å². The van der Waals surface area contributed by atoms with Crippen LogP contribution in [0.2, 0.25) is 0 Å². The average molecular weight is 330 g/mol. The summed E-state index contributed by atoms with van der Waals surface area (Å²) in [5, 5.41) is 23.6. The van der Waals surface area contributed by atoms with Crippen LogP contribution in [0.3, 0.4) is 0 Å². The van der Waals surface area contributed by atoms with E-state index < -0.39 is 0 Å². The molecule has 0 aliphatic heterocycles. The summed E-state index contributed by atoms with van der Waals surface area (Å²) in [6.07, 6.45) is 0.946. The highest BCUT2D eigenvalue weighted by molar-refractivity contribution is 7.99. The number of aromatic nitrogens is 5. The number of thioether (sulfide) groups is 1. The van der Waals surface area contributed by atoms with Crippen molar-refractivity contribution in [3.05, 3.63) is 35.9 Å². The van der Waals surface area contributed by atoms with Gasteiger partial charge in [0, 0.05) is 11.8 Å². The van der Waals surface area contributed by atoms with Gasteiger partial charge in [-0.1, -0.05) is 42.1 Å². The molecule has 0 aliphatic carbocycles. The largest absolute Gasteiger partial charge is 0.394 e. The number of benzene rings is 1. The van der Waals surface area contributed by atoms with E-state index in [0.29, 0.717) is 22.1 Å². The van der Waals surface area contributed by atoms with Crippen molar-refractivity contribution in [3.63, 3.8) is 0 Å². The SMILES string of the molecule is C[C@H](CO)Nc1nc(SCCc2ccccc2)nc2n[nH]nc12.